The molecule has 0 saturated carbocycles. The number of nitrogens with one attached hydrogen (secondary N) is 1. The van der Waals surface area contributed by atoms with Crippen LogP contribution in [0.3, 0.4) is 0 Å². The molecular weight excluding hydrogens is 174 g/mol. The number of aryl methyl sites for hydroxylation is 1. The minimum atomic E-state index is -2.24. The zero-order chi connectivity index (χ0) is 9.68. The maximum atomic E-state index is 11.8. The second kappa shape index (κ2) is 4.74. The van der Waals surface area contributed by atoms with Crippen molar-refractivity contribution in [2.45, 2.75) is 19.8 Å². The van der Waals surface area contributed by atoms with Crippen LogP contribution in [0.15, 0.2) is 18.5 Å². The Hall–Kier alpha value is -1.19. The van der Waals surface area contributed by atoms with Crippen molar-refractivity contribution >= 4 is 5.69 Å². The van der Waals surface area contributed by atoms with Gasteiger partial charge in [0.25, 0.3) is 0 Å². The zero-order valence-electron chi connectivity index (χ0n) is 7.43. The third-order valence-electron chi connectivity index (χ3n) is 1.70. The fourth-order valence-electron chi connectivity index (χ4n) is 0.988. The van der Waals surface area contributed by atoms with E-state index in [1.165, 1.54) is 0 Å². The lowest BCUT2D eigenvalue weighted by molar-refractivity contribution is 0.142. The molecule has 0 bridgehead atoms. The van der Waals surface area contributed by atoms with E-state index in [1.54, 1.807) is 18.5 Å². The van der Waals surface area contributed by atoms with E-state index >= 15 is 0 Å². The van der Waals surface area contributed by atoms with Crippen molar-refractivity contribution in [2.24, 2.45) is 0 Å². The van der Waals surface area contributed by atoms with Gasteiger partial charge in [-0.25, -0.2) is 8.78 Å². The Morgan fingerprint density at radius 3 is 2.92 bits per heavy atom. The van der Waals surface area contributed by atoms with Gasteiger partial charge in [-0.1, -0.05) is 0 Å². The zero-order valence-corrected chi connectivity index (χ0v) is 7.43. The van der Waals surface area contributed by atoms with E-state index in [0.29, 0.717) is 6.54 Å². The molecule has 1 N–H and O–H groups in total. The van der Waals surface area contributed by atoms with Gasteiger partial charge >= 0.3 is 0 Å². The Morgan fingerprint density at radius 1 is 1.54 bits per heavy atom. The summed E-state index contributed by atoms with van der Waals surface area (Å²) < 4.78 is 23.6. The molecule has 1 rings (SSSR count). The Balaban J connectivity index is 2.41. The summed E-state index contributed by atoms with van der Waals surface area (Å²) in [6, 6.07) is 1.78. The fourth-order valence-corrected chi connectivity index (χ4v) is 0.988. The molecule has 2 nitrogen and oxygen atoms in total. The van der Waals surface area contributed by atoms with Crippen LogP contribution < -0.4 is 5.32 Å². The van der Waals surface area contributed by atoms with Crippen molar-refractivity contribution in [1.29, 1.82) is 0 Å². The van der Waals surface area contributed by atoms with E-state index in [2.05, 4.69) is 10.3 Å². The molecule has 0 atom stereocenters. The summed E-state index contributed by atoms with van der Waals surface area (Å²) in [5.74, 6) is 0. The number of hydrogen-bond acceptors (Lipinski definition) is 2. The average molecular weight is 186 g/mol. The van der Waals surface area contributed by atoms with Crippen LogP contribution in [0, 0.1) is 6.92 Å². The highest BCUT2D eigenvalue weighted by Gasteiger charge is 2.01. The molecule has 0 saturated heterocycles. The molecule has 13 heavy (non-hydrogen) atoms. The summed E-state index contributed by atoms with van der Waals surface area (Å²) in [6.07, 6.45) is 0.971. The van der Waals surface area contributed by atoms with E-state index in [0.717, 1.165) is 11.3 Å². The van der Waals surface area contributed by atoms with Crippen LogP contribution in [-0.2, 0) is 0 Å². The first-order valence-corrected chi connectivity index (χ1v) is 4.13. The Kier molecular flexibility index (Phi) is 3.61. The molecule has 4 heteroatoms. The quantitative estimate of drug-likeness (QED) is 0.781. The first-order valence-electron chi connectivity index (χ1n) is 4.13. The molecule has 0 aromatic carbocycles. The first kappa shape index (κ1) is 9.89. The lowest BCUT2D eigenvalue weighted by Crippen LogP contribution is -2.06. The van der Waals surface area contributed by atoms with Crippen LogP contribution in [0.25, 0.3) is 0 Å². The van der Waals surface area contributed by atoms with Gasteiger partial charge < -0.3 is 5.32 Å². The van der Waals surface area contributed by atoms with Crippen LogP contribution in [-0.4, -0.2) is 18.0 Å². The highest BCUT2D eigenvalue weighted by Crippen LogP contribution is 2.11. The molecule has 1 aromatic heterocycles. The highest BCUT2D eigenvalue weighted by atomic mass is 19.3. The number of pyridine rings is 1. The van der Waals surface area contributed by atoms with Gasteiger partial charge in [0.15, 0.2) is 0 Å². The van der Waals surface area contributed by atoms with Crippen molar-refractivity contribution in [3.05, 3.63) is 24.0 Å². The second-order valence-corrected chi connectivity index (χ2v) is 2.80. The molecule has 1 heterocycles. The molecule has 0 aliphatic heterocycles. The number of anilines is 1. The molecule has 0 fully saturated rings. The summed E-state index contributed by atoms with van der Waals surface area (Å²) in [7, 11) is 0. The van der Waals surface area contributed by atoms with Crippen molar-refractivity contribution in [3.63, 3.8) is 0 Å². The molecule has 0 amide bonds. The molecule has 0 spiro atoms. The summed E-state index contributed by atoms with van der Waals surface area (Å²) in [5, 5.41) is 2.92. The fraction of sp³-hybridized carbons (Fsp3) is 0.444. The van der Waals surface area contributed by atoms with Crippen LogP contribution in [0.4, 0.5) is 14.5 Å². The summed E-state index contributed by atoms with van der Waals surface area (Å²) in [5.41, 5.74) is 1.84. The number of alkyl halides is 2. The molecule has 0 radical (unpaired) electrons. The SMILES string of the molecule is Cc1cnccc1NCCC(F)F. The van der Waals surface area contributed by atoms with Gasteiger partial charge in [-0.3, -0.25) is 4.98 Å². The van der Waals surface area contributed by atoms with Crippen molar-refractivity contribution in [1.82, 2.24) is 4.98 Å². The smallest absolute Gasteiger partial charge is 0.240 e. The van der Waals surface area contributed by atoms with Crippen molar-refractivity contribution in [3.8, 4) is 0 Å². The maximum Gasteiger partial charge on any atom is 0.240 e. The molecule has 0 aliphatic carbocycles. The number of rotatable bonds is 4. The monoisotopic (exact) mass is 186 g/mol. The van der Waals surface area contributed by atoms with Gasteiger partial charge in [0.05, 0.1) is 0 Å². The summed E-state index contributed by atoms with van der Waals surface area (Å²) in [6.45, 7) is 2.18. The number of nitrogens with zero attached hydrogens (tertiary/aromatic N) is 1. The predicted molar refractivity (Wildman–Crippen MR) is 48.1 cm³/mol. The minimum absolute atomic E-state index is 0.123. The predicted octanol–water partition coefficient (Wildman–Crippen LogP) is 2.46. The third kappa shape index (κ3) is 3.36. The van der Waals surface area contributed by atoms with Crippen LogP contribution in [0.1, 0.15) is 12.0 Å². The first-order chi connectivity index (χ1) is 6.20. The van der Waals surface area contributed by atoms with Gasteiger partial charge in [0.1, 0.15) is 0 Å². The summed E-state index contributed by atoms with van der Waals surface area (Å²) in [4.78, 5) is 3.90. The second-order valence-electron chi connectivity index (χ2n) is 2.80. The van der Waals surface area contributed by atoms with Crippen molar-refractivity contribution < 1.29 is 8.78 Å². The largest absolute Gasteiger partial charge is 0.385 e. The summed E-state index contributed by atoms with van der Waals surface area (Å²) >= 11 is 0. The van der Waals surface area contributed by atoms with E-state index in [1.807, 2.05) is 6.92 Å². The van der Waals surface area contributed by atoms with Crippen LogP contribution in [0.5, 0.6) is 0 Å². The molecule has 0 aliphatic rings. The van der Waals surface area contributed by atoms with Gasteiger partial charge in [-0.15, -0.1) is 0 Å². The Bertz CT molecular complexity index is 264. The maximum absolute atomic E-state index is 11.8. The molecule has 1 aromatic rings. The minimum Gasteiger partial charge on any atom is -0.385 e. The lowest BCUT2D eigenvalue weighted by atomic mass is 10.2. The highest BCUT2D eigenvalue weighted by molar-refractivity contribution is 5.48. The third-order valence-corrected chi connectivity index (χ3v) is 1.70. The van der Waals surface area contributed by atoms with Crippen LogP contribution in [0.2, 0.25) is 0 Å². The molecule has 72 valence electrons. The lowest BCUT2D eigenvalue weighted by Gasteiger charge is -2.07. The molecular formula is C9H12F2N2. The Labute approximate surface area is 76.0 Å². The average Bonchev–Trinajstić information content (AvgIpc) is 2.08. The van der Waals surface area contributed by atoms with Gasteiger partial charge in [0, 0.05) is 31.0 Å². The Morgan fingerprint density at radius 2 is 2.31 bits per heavy atom. The normalized spacial score (nSPS) is 10.5. The molecule has 0 unspecified atom stereocenters. The van der Waals surface area contributed by atoms with E-state index in [-0.39, 0.29) is 6.42 Å². The van der Waals surface area contributed by atoms with Crippen molar-refractivity contribution in [2.75, 3.05) is 11.9 Å². The van der Waals surface area contributed by atoms with Gasteiger partial charge in [0.2, 0.25) is 6.43 Å². The van der Waals surface area contributed by atoms with E-state index in [4.69, 9.17) is 0 Å². The van der Waals surface area contributed by atoms with Gasteiger partial charge in [-0.2, -0.15) is 0 Å². The van der Waals surface area contributed by atoms with Crippen LogP contribution >= 0.6 is 0 Å². The number of hydrogen-bond donors (Lipinski definition) is 1. The van der Waals surface area contributed by atoms with E-state index < -0.39 is 6.43 Å². The number of aromatic nitrogens is 1. The van der Waals surface area contributed by atoms with E-state index in [9.17, 15) is 8.78 Å². The van der Waals surface area contributed by atoms with Gasteiger partial charge in [-0.05, 0) is 18.6 Å². The standard InChI is InChI=1S/C9H12F2N2/c1-7-6-12-4-2-8(7)13-5-3-9(10)11/h2,4,6,9H,3,5H2,1H3,(H,12,13). The topological polar surface area (TPSA) is 24.9 Å². The number of halogens is 2.